The number of likely N-dealkylation sites (tertiary alicyclic amines) is 1. The number of hydrogen-bond donors (Lipinski definition) is 0. The minimum Gasteiger partial charge on any atom is -0.474 e. The number of hydrogen-bond acceptors (Lipinski definition) is 6. The molecule has 186 valence electrons. The Morgan fingerprint density at radius 1 is 1.08 bits per heavy atom. The standard InChI is InChI=1S/C27H27Cl2N5O2/c1-16(36-24-8-5-17(10-30)11-31-24)20-14-34(15-21(20)18-6-7-22(28)23(29)9-18)25(35)19-12-32-26(33-13-19)27(2,3)4/h5-9,11-13,16,20-21H,14-15H2,1-4H3/t16-,20+,21+/m0/s1. The Hall–Kier alpha value is -3.21. The molecule has 3 heterocycles. The molecule has 3 atom stereocenters. The quantitative estimate of drug-likeness (QED) is 0.427. The van der Waals surface area contributed by atoms with Crippen LogP contribution >= 0.6 is 23.2 Å². The number of aromatic nitrogens is 3. The van der Waals surface area contributed by atoms with Crippen molar-refractivity contribution in [2.75, 3.05) is 13.1 Å². The van der Waals surface area contributed by atoms with Crippen molar-refractivity contribution in [3.8, 4) is 11.9 Å². The first kappa shape index (κ1) is 25.9. The topological polar surface area (TPSA) is 92.0 Å². The van der Waals surface area contributed by atoms with Gasteiger partial charge in [-0.15, -0.1) is 0 Å². The highest BCUT2D eigenvalue weighted by Gasteiger charge is 2.40. The average Bonchev–Trinajstić information content (AvgIpc) is 3.31. The number of ether oxygens (including phenoxy) is 1. The van der Waals surface area contributed by atoms with E-state index in [-0.39, 0.29) is 29.3 Å². The van der Waals surface area contributed by atoms with Crippen LogP contribution in [0.15, 0.2) is 48.9 Å². The van der Waals surface area contributed by atoms with Gasteiger partial charge in [0.25, 0.3) is 5.91 Å². The molecule has 1 saturated heterocycles. The highest BCUT2D eigenvalue weighted by atomic mass is 35.5. The molecular formula is C27H27Cl2N5O2. The van der Waals surface area contributed by atoms with Gasteiger partial charge < -0.3 is 9.64 Å². The van der Waals surface area contributed by atoms with Gasteiger partial charge in [0.05, 0.1) is 21.2 Å². The number of nitrogens with zero attached hydrogens (tertiary/aromatic N) is 5. The maximum Gasteiger partial charge on any atom is 0.257 e. The van der Waals surface area contributed by atoms with Gasteiger partial charge in [-0.3, -0.25) is 4.79 Å². The largest absolute Gasteiger partial charge is 0.474 e. The second-order valence-electron chi connectivity index (χ2n) is 10.0. The smallest absolute Gasteiger partial charge is 0.257 e. The highest BCUT2D eigenvalue weighted by Crippen LogP contribution is 2.38. The predicted molar refractivity (Wildman–Crippen MR) is 138 cm³/mol. The van der Waals surface area contributed by atoms with Crippen LogP contribution in [0.25, 0.3) is 0 Å². The first-order valence-corrected chi connectivity index (χ1v) is 12.4. The number of halogens is 2. The third kappa shape index (κ3) is 5.61. The van der Waals surface area contributed by atoms with E-state index in [1.165, 1.54) is 6.20 Å². The number of nitriles is 1. The van der Waals surface area contributed by atoms with E-state index in [1.54, 1.807) is 35.5 Å². The summed E-state index contributed by atoms with van der Waals surface area (Å²) in [4.78, 5) is 28.3. The van der Waals surface area contributed by atoms with E-state index < -0.39 is 0 Å². The minimum atomic E-state index is -0.276. The van der Waals surface area contributed by atoms with E-state index in [0.717, 1.165) is 5.56 Å². The molecule has 0 unspecified atom stereocenters. The molecule has 0 N–H and O–H groups in total. The van der Waals surface area contributed by atoms with E-state index in [9.17, 15) is 4.79 Å². The molecule has 0 spiro atoms. The van der Waals surface area contributed by atoms with Gasteiger partial charge in [-0.2, -0.15) is 5.26 Å². The van der Waals surface area contributed by atoms with E-state index in [4.69, 9.17) is 33.2 Å². The zero-order valence-electron chi connectivity index (χ0n) is 20.6. The molecule has 1 fully saturated rings. The fraction of sp³-hybridized carbons (Fsp3) is 0.370. The van der Waals surface area contributed by atoms with Crippen molar-refractivity contribution < 1.29 is 9.53 Å². The number of benzene rings is 1. The molecule has 2 aromatic heterocycles. The first-order chi connectivity index (χ1) is 17.1. The Kier molecular flexibility index (Phi) is 7.49. The van der Waals surface area contributed by atoms with Crippen LogP contribution in [0.2, 0.25) is 10.0 Å². The van der Waals surface area contributed by atoms with Crippen molar-refractivity contribution in [2.45, 2.75) is 45.1 Å². The summed E-state index contributed by atoms with van der Waals surface area (Å²) in [6.07, 6.45) is 4.39. The molecule has 1 amide bonds. The van der Waals surface area contributed by atoms with Gasteiger partial charge in [0.2, 0.25) is 5.88 Å². The lowest BCUT2D eigenvalue weighted by molar-refractivity contribution is 0.0768. The summed E-state index contributed by atoms with van der Waals surface area (Å²) >= 11 is 12.5. The Bertz CT molecular complexity index is 1280. The van der Waals surface area contributed by atoms with Crippen molar-refractivity contribution in [3.63, 3.8) is 0 Å². The third-order valence-corrected chi connectivity index (χ3v) is 7.11. The molecule has 0 saturated carbocycles. The summed E-state index contributed by atoms with van der Waals surface area (Å²) in [7, 11) is 0. The van der Waals surface area contributed by atoms with Crippen LogP contribution in [0.4, 0.5) is 0 Å². The zero-order valence-corrected chi connectivity index (χ0v) is 22.1. The van der Waals surface area contributed by atoms with Crippen LogP contribution in [-0.2, 0) is 5.41 Å². The Morgan fingerprint density at radius 3 is 2.39 bits per heavy atom. The van der Waals surface area contributed by atoms with Crippen molar-refractivity contribution in [1.29, 1.82) is 5.26 Å². The second-order valence-corrected chi connectivity index (χ2v) is 10.8. The number of amides is 1. The van der Waals surface area contributed by atoms with Gasteiger partial charge in [-0.25, -0.2) is 15.0 Å². The Morgan fingerprint density at radius 2 is 1.81 bits per heavy atom. The zero-order chi connectivity index (χ0) is 26.0. The number of rotatable bonds is 5. The molecule has 0 aliphatic carbocycles. The van der Waals surface area contributed by atoms with Crippen molar-refractivity contribution >= 4 is 29.1 Å². The maximum atomic E-state index is 13.4. The summed E-state index contributed by atoms with van der Waals surface area (Å²) < 4.78 is 6.15. The van der Waals surface area contributed by atoms with Crippen LogP contribution in [0.5, 0.6) is 5.88 Å². The van der Waals surface area contributed by atoms with Gasteiger partial charge in [0.15, 0.2) is 0 Å². The lowest BCUT2D eigenvalue weighted by Crippen LogP contribution is -2.32. The normalized spacial score (nSPS) is 18.5. The van der Waals surface area contributed by atoms with Gasteiger partial charge in [-0.1, -0.05) is 50.0 Å². The number of carbonyl (C=O) groups is 1. The van der Waals surface area contributed by atoms with Crippen LogP contribution in [0.1, 0.15) is 60.9 Å². The average molecular weight is 524 g/mol. The molecular weight excluding hydrogens is 497 g/mol. The molecule has 0 radical (unpaired) electrons. The van der Waals surface area contributed by atoms with Gasteiger partial charge in [0, 0.05) is 55.0 Å². The lowest BCUT2D eigenvalue weighted by atomic mass is 9.86. The van der Waals surface area contributed by atoms with Crippen molar-refractivity contribution in [2.24, 2.45) is 5.92 Å². The van der Waals surface area contributed by atoms with Crippen LogP contribution < -0.4 is 4.74 Å². The molecule has 4 rings (SSSR count). The van der Waals surface area contributed by atoms with E-state index in [0.29, 0.717) is 46.0 Å². The van der Waals surface area contributed by atoms with Crippen LogP contribution in [0, 0.1) is 17.2 Å². The molecule has 1 aliphatic rings. The van der Waals surface area contributed by atoms with Gasteiger partial charge >= 0.3 is 0 Å². The summed E-state index contributed by atoms with van der Waals surface area (Å²) in [5.74, 6) is 0.895. The second kappa shape index (κ2) is 10.4. The van der Waals surface area contributed by atoms with E-state index in [1.807, 2.05) is 39.8 Å². The molecule has 7 nitrogen and oxygen atoms in total. The summed E-state index contributed by atoms with van der Waals surface area (Å²) in [5.41, 5.74) is 1.68. The summed E-state index contributed by atoms with van der Waals surface area (Å²) in [6.45, 7) is 9.01. The fourth-order valence-electron chi connectivity index (χ4n) is 4.37. The predicted octanol–water partition coefficient (Wildman–Crippen LogP) is 5.67. The number of carbonyl (C=O) groups excluding carboxylic acids is 1. The minimum absolute atomic E-state index is 0.0353. The maximum absolute atomic E-state index is 13.4. The highest BCUT2D eigenvalue weighted by molar-refractivity contribution is 6.42. The molecule has 9 heteroatoms. The van der Waals surface area contributed by atoms with Crippen molar-refractivity contribution in [1.82, 2.24) is 19.9 Å². The molecule has 1 aromatic carbocycles. The van der Waals surface area contributed by atoms with Crippen molar-refractivity contribution in [3.05, 3.63) is 81.5 Å². The number of pyridine rings is 1. The monoisotopic (exact) mass is 523 g/mol. The van der Waals surface area contributed by atoms with E-state index >= 15 is 0 Å². The molecule has 0 bridgehead atoms. The molecule has 1 aliphatic heterocycles. The SMILES string of the molecule is C[C@H](Oc1ccc(C#N)cn1)[C@H]1CN(C(=O)c2cnc(C(C)(C)C)nc2)C[C@@H]1c1ccc(Cl)c(Cl)c1. The fourth-order valence-corrected chi connectivity index (χ4v) is 4.67. The molecule has 36 heavy (non-hydrogen) atoms. The Labute approximate surface area is 221 Å². The first-order valence-electron chi connectivity index (χ1n) is 11.7. The summed E-state index contributed by atoms with van der Waals surface area (Å²) in [5, 5.41) is 9.96. The van der Waals surface area contributed by atoms with E-state index in [2.05, 4.69) is 21.0 Å². The van der Waals surface area contributed by atoms with Gasteiger partial charge in [-0.05, 0) is 30.7 Å². The Balaban J connectivity index is 1.59. The van der Waals surface area contributed by atoms with Crippen LogP contribution in [-0.4, -0.2) is 45.0 Å². The summed E-state index contributed by atoms with van der Waals surface area (Å²) in [6, 6.07) is 11.0. The third-order valence-electron chi connectivity index (χ3n) is 6.37. The molecule has 3 aromatic rings. The van der Waals surface area contributed by atoms with Crippen LogP contribution in [0.3, 0.4) is 0 Å². The lowest BCUT2D eigenvalue weighted by Gasteiger charge is -2.25. The van der Waals surface area contributed by atoms with Gasteiger partial charge in [0.1, 0.15) is 18.0 Å².